The van der Waals surface area contributed by atoms with Gasteiger partial charge in [0.15, 0.2) is 5.78 Å². The molecule has 0 amide bonds. The molecule has 0 radical (unpaired) electrons. The lowest BCUT2D eigenvalue weighted by Gasteiger charge is -2.10. The second-order valence-electron chi connectivity index (χ2n) is 7.48. The Labute approximate surface area is 158 Å². The number of fused-ring (bicyclic) bond motifs is 4. The van der Waals surface area contributed by atoms with Crippen LogP contribution in [0.2, 0.25) is 0 Å². The van der Waals surface area contributed by atoms with Crippen LogP contribution < -0.4 is 0 Å². The fourth-order valence-corrected chi connectivity index (χ4v) is 4.30. The summed E-state index contributed by atoms with van der Waals surface area (Å²) < 4.78 is 0. The van der Waals surface area contributed by atoms with Crippen molar-refractivity contribution in [3.63, 3.8) is 0 Å². The third-order valence-electron chi connectivity index (χ3n) is 5.43. The molecule has 130 valence electrons. The van der Waals surface area contributed by atoms with Gasteiger partial charge in [-0.15, -0.1) is 0 Å². The van der Waals surface area contributed by atoms with E-state index in [0.717, 1.165) is 49.8 Å². The highest BCUT2D eigenvalue weighted by molar-refractivity contribution is 6.24. The number of carbonyl (C=O) groups is 1. The molecule has 2 nitrogen and oxygen atoms in total. The SMILES string of the molecule is Cc1cc(C)cc(-c2nccc3cc4c(cc23)-c2cccc(C)c2C4=O)c1. The molecule has 0 atom stereocenters. The first kappa shape index (κ1) is 16.0. The molecule has 1 aliphatic carbocycles. The minimum absolute atomic E-state index is 0.129. The molecule has 0 bridgehead atoms. The average molecular weight is 349 g/mol. The molecule has 27 heavy (non-hydrogen) atoms. The van der Waals surface area contributed by atoms with Gasteiger partial charge in [-0.2, -0.15) is 0 Å². The van der Waals surface area contributed by atoms with Crippen LogP contribution in [-0.4, -0.2) is 10.8 Å². The molecular weight excluding hydrogens is 330 g/mol. The van der Waals surface area contributed by atoms with Crippen molar-refractivity contribution >= 4 is 16.6 Å². The van der Waals surface area contributed by atoms with Gasteiger partial charge in [0.25, 0.3) is 0 Å². The van der Waals surface area contributed by atoms with Gasteiger partial charge in [0.1, 0.15) is 0 Å². The summed E-state index contributed by atoms with van der Waals surface area (Å²) in [5.74, 6) is 0.129. The molecule has 0 fully saturated rings. The molecule has 4 aromatic rings. The van der Waals surface area contributed by atoms with Crippen molar-refractivity contribution in [2.75, 3.05) is 0 Å². The molecule has 5 rings (SSSR count). The van der Waals surface area contributed by atoms with Crippen molar-refractivity contribution in [2.24, 2.45) is 0 Å². The number of pyridine rings is 1. The average Bonchev–Trinajstić information content (AvgIpc) is 2.92. The van der Waals surface area contributed by atoms with Crippen LogP contribution in [0, 0.1) is 20.8 Å². The maximum atomic E-state index is 13.0. The number of ketones is 1. The molecule has 2 heteroatoms. The van der Waals surface area contributed by atoms with Gasteiger partial charge in [-0.05, 0) is 73.2 Å². The number of benzene rings is 3. The van der Waals surface area contributed by atoms with Gasteiger partial charge in [-0.1, -0.05) is 35.4 Å². The van der Waals surface area contributed by atoms with Crippen LogP contribution in [0.5, 0.6) is 0 Å². The van der Waals surface area contributed by atoms with Gasteiger partial charge in [-0.3, -0.25) is 9.78 Å². The Morgan fingerprint density at radius 2 is 1.56 bits per heavy atom. The predicted molar refractivity (Wildman–Crippen MR) is 110 cm³/mol. The third-order valence-corrected chi connectivity index (χ3v) is 5.43. The Kier molecular flexibility index (Phi) is 3.32. The number of aromatic nitrogens is 1. The molecule has 0 spiro atoms. The molecule has 0 unspecified atom stereocenters. The summed E-state index contributed by atoms with van der Waals surface area (Å²) >= 11 is 0. The summed E-state index contributed by atoms with van der Waals surface area (Å²) in [4.78, 5) is 17.7. The van der Waals surface area contributed by atoms with Crippen LogP contribution in [0.1, 0.15) is 32.6 Å². The fourth-order valence-electron chi connectivity index (χ4n) is 4.30. The van der Waals surface area contributed by atoms with E-state index >= 15 is 0 Å². The summed E-state index contributed by atoms with van der Waals surface area (Å²) in [5, 5.41) is 2.14. The molecule has 0 saturated heterocycles. The van der Waals surface area contributed by atoms with E-state index in [4.69, 9.17) is 4.98 Å². The summed E-state index contributed by atoms with van der Waals surface area (Å²) in [6.07, 6.45) is 1.83. The molecule has 0 N–H and O–H groups in total. The molecule has 1 heterocycles. The highest BCUT2D eigenvalue weighted by Crippen LogP contribution is 2.41. The van der Waals surface area contributed by atoms with Crippen molar-refractivity contribution in [1.82, 2.24) is 4.98 Å². The molecule has 3 aromatic carbocycles. The fraction of sp³-hybridized carbons (Fsp3) is 0.120. The van der Waals surface area contributed by atoms with E-state index in [1.165, 1.54) is 11.1 Å². The minimum Gasteiger partial charge on any atom is -0.289 e. The number of carbonyl (C=O) groups excluding carboxylic acids is 1. The van der Waals surface area contributed by atoms with E-state index in [9.17, 15) is 4.79 Å². The number of hydrogen-bond acceptors (Lipinski definition) is 2. The van der Waals surface area contributed by atoms with Crippen LogP contribution in [0.4, 0.5) is 0 Å². The minimum atomic E-state index is 0.129. The van der Waals surface area contributed by atoms with Gasteiger partial charge in [-0.25, -0.2) is 0 Å². The van der Waals surface area contributed by atoms with Gasteiger partial charge >= 0.3 is 0 Å². The predicted octanol–water partition coefficient (Wildman–Crippen LogP) is 6.04. The lowest BCUT2D eigenvalue weighted by Crippen LogP contribution is -1.98. The van der Waals surface area contributed by atoms with Crippen LogP contribution >= 0.6 is 0 Å². The van der Waals surface area contributed by atoms with Crippen LogP contribution in [0.3, 0.4) is 0 Å². The standard InChI is InChI=1S/C25H19NO/c1-14-9-15(2)11-18(10-14)24-20-13-21-19-6-4-5-16(3)23(19)25(27)22(21)12-17(20)7-8-26-24/h4-13H,1-3H3. The van der Waals surface area contributed by atoms with Gasteiger partial charge in [0.2, 0.25) is 0 Å². The molecule has 0 aliphatic heterocycles. The van der Waals surface area contributed by atoms with Crippen molar-refractivity contribution in [3.8, 4) is 22.4 Å². The molecule has 1 aliphatic rings. The van der Waals surface area contributed by atoms with Gasteiger partial charge in [0, 0.05) is 28.3 Å². The number of hydrogen-bond donors (Lipinski definition) is 0. The van der Waals surface area contributed by atoms with E-state index in [1.54, 1.807) is 0 Å². The molecular formula is C25H19NO. The number of rotatable bonds is 1. The second kappa shape index (κ2) is 5.62. The first-order valence-corrected chi connectivity index (χ1v) is 9.19. The van der Waals surface area contributed by atoms with E-state index < -0.39 is 0 Å². The summed E-state index contributed by atoms with van der Waals surface area (Å²) in [6.45, 7) is 6.22. The van der Waals surface area contributed by atoms with Crippen molar-refractivity contribution in [2.45, 2.75) is 20.8 Å². The quantitative estimate of drug-likeness (QED) is 0.369. The summed E-state index contributed by atoms with van der Waals surface area (Å²) in [5.41, 5.74) is 9.25. The van der Waals surface area contributed by atoms with Crippen molar-refractivity contribution in [3.05, 3.63) is 88.6 Å². The zero-order valence-corrected chi connectivity index (χ0v) is 15.6. The maximum Gasteiger partial charge on any atom is 0.194 e. The van der Waals surface area contributed by atoms with Crippen LogP contribution in [0.25, 0.3) is 33.2 Å². The van der Waals surface area contributed by atoms with Gasteiger partial charge < -0.3 is 0 Å². The highest BCUT2D eigenvalue weighted by Gasteiger charge is 2.28. The smallest absolute Gasteiger partial charge is 0.194 e. The third kappa shape index (κ3) is 2.33. The van der Waals surface area contributed by atoms with Crippen LogP contribution in [-0.2, 0) is 0 Å². The van der Waals surface area contributed by atoms with E-state index in [1.807, 2.05) is 43.5 Å². The number of nitrogens with zero attached hydrogens (tertiary/aromatic N) is 1. The van der Waals surface area contributed by atoms with E-state index in [0.29, 0.717) is 0 Å². The highest BCUT2D eigenvalue weighted by atomic mass is 16.1. The van der Waals surface area contributed by atoms with E-state index in [2.05, 4.69) is 38.1 Å². The topological polar surface area (TPSA) is 30.0 Å². The second-order valence-corrected chi connectivity index (χ2v) is 7.48. The Morgan fingerprint density at radius 3 is 2.33 bits per heavy atom. The van der Waals surface area contributed by atoms with Crippen molar-refractivity contribution < 1.29 is 4.79 Å². The first-order chi connectivity index (χ1) is 13.0. The number of aryl methyl sites for hydroxylation is 3. The van der Waals surface area contributed by atoms with Crippen LogP contribution in [0.15, 0.2) is 60.8 Å². The Bertz CT molecular complexity index is 1250. The molecule has 0 saturated carbocycles. The van der Waals surface area contributed by atoms with Crippen molar-refractivity contribution in [1.29, 1.82) is 0 Å². The maximum absolute atomic E-state index is 13.0. The lowest BCUT2D eigenvalue weighted by molar-refractivity contribution is 0.104. The Balaban J connectivity index is 1.83. The molecule has 1 aromatic heterocycles. The summed E-state index contributed by atoms with van der Waals surface area (Å²) in [7, 11) is 0. The normalized spacial score (nSPS) is 12.3. The lowest BCUT2D eigenvalue weighted by atomic mass is 9.96. The Hall–Kier alpha value is -3.26. The van der Waals surface area contributed by atoms with E-state index in [-0.39, 0.29) is 5.78 Å². The largest absolute Gasteiger partial charge is 0.289 e. The monoisotopic (exact) mass is 349 g/mol. The zero-order chi connectivity index (χ0) is 18.7. The first-order valence-electron chi connectivity index (χ1n) is 9.19. The zero-order valence-electron chi connectivity index (χ0n) is 15.6. The summed E-state index contributed by atoms with van der Waals surface area (Å²) in [6, 6.07) is 18.8. The Morgan fingerprint density at radius 1 is 0.778 bits per heavy atom. The van der Waals surface area contributed by atoms with Gasteiger partial charge in [0.05, 0.1) is 5.69 Å².